The fourth-order valence-corrected chi connectivity index (χ4v) is 1.93. The fraction of sp³-hybridized carbons (Fsp3) is 0.200. The molecule has 0 bridgehead atoms. The van der Waals surface area contributed by atoms with E-state index in [2.05, 4.69) is 26.5 Å². The maximum absolute atomic E-state index is 11.6. The molecule has 0 fully saturated rings. The summed E-state index contributed by atoms with van der Waals surface area (Å²) in [4.78, 5) is 11.6. The van der Waals surface area contributed by atoms with Gasteiger partial charge in [0.2, 0.25) is 0 Å². The molecule has 22 heavy (non-hydrogen) atoms. The van der Waals surface area contributed by atoms with Crippen molar-refractivity contribution in [2.75, 3.05) is 13.7 Å². The van der Waals surface area contributed by atoms with Crippen molar-refractivity contribution < 1.29 is 18.7 Å². The summed E-state index contributed by atoms with van der Waals surface area (Å²) in [5, 5.41) is 3.80. The number of hydrogen-bond acceptors (Lipinski definition) is 5. The number of furan rings is 1. The Morgan fingerprint density at radius 2 is 2.14 bits per heavy atom. The molecule has 1 aromatic carbocycles. The largest absolute Gasteiger partial charge is 0.493 e. The number of carbonyl (C=O) groups excluding carboxylic acids is 1. The molecule has 0 aliphatic carbocycles. The highest BCUT2D eigenvalue weighted by molar-refractivity contribution is 9.10. The van der Waals surface area contributed by atoms with Crippen LogP contribution >= 0.6 is 15.9 Å². The number of methoxy groups -OCH3 is 1. The van der Waals surface area contributed by atoms with Crippen LogP contribution in [0.4, 0.5) is 0 Å². The zero-order valence-corrected chi connectivity index (χ0v) is 13.7. The van der Waals surface area contributed by atoms with Gasteiger partial charge in [0.1, 0.15) is 11.5 Å². The van der Waals surface area contributed by atoms with Crippen LogP contribution in [0.3, 0.4) is 0 Å². The number of carbonyl (C=O) groups is 1. The maximum Gasteiger partial charge on any atom is 0.277 e. The van der Waals surface area contributed by atoms with Crippen molar-refractivity contribution in [1.82, 2.24) is 5.43 Å². The minimum absolute atomic E-state index is 0.168. The van der Waals surface area contributed by atoms with Crippen LogP contribution in [0.5, 0.6) is 11.5 Å². The number of benzene rings is 1. The molecule has 0 atom stereocenters. The van der Waals surface area contributed by atoms with Crippen LogP contribution in [-0.4, -0.2) is 25.8 Å². The van der Waals surface area contributed by atoms with Gasteiger partial charge in [0.15, 0.2) is 18.1 Å². The summed E-state index contributed by atoms with van der Waals surface area (Å²) in [6, 6.07) is 8.85. The summed E-state index contributed by atoms with van der Waals surface area (Å²) >= 11 is 3.33. The minimum atomic E-state index is -0.385. The normalized spacial score (nSPS) is 10.7. The average molecular weight is 367 g/mol. The Balaban J connectivity index is 1.83. The monoisotopic (exact) mass is 366 g/mol. The lowest BCUT2D eigenvalue weighted by molar-refractivity contribution is -0.123. The summed E-state index contributed by atoms with van der Waals surface area (Å²) in [5.41, 5.74) is 2.36. The number of nitrogens with one attached hydrogen (secondary N) is 1. The summed E-state index contributed by atoms with van der Waals surface area (Å²) in [6.45, 7) is 1.65. The third-order valence-corrected chi connectivity index (χ3v) is 3.47. The smallest absolute Gasteiger partial charge is 0.277 e. The predicted molar refractivity (Wildman–Crippen MR) is 85.4 cm³/mol. The Kier molecular flexibility index (Phi) is 5.60. The second-order valence-corrected chi connectivity index (χ2v) is 5.14. The van der Waals surface area contributed by atoms with E-state index >= 15 is 0 Å². The molecule has 6 nitrogen and oxygen atoms in total. The highest BCUT2D eigenvalue weighted by Gasteiger charge is 2.06. The number of hydrogen-bond donors (Lipinski definition) is 1. The minimum Gasteiger partial charge on any atom is -0.493 e. The van der Waals surface area contributed by atoms with Crippen LogP contribution in [0.2, 0.25) is 0 Å². The van der Waals surface area contributed by atoms with E-state index < -0.39 is 0 Å². The third-order valence-electron chi connectivity index (χ3n) is 2.69. The first-order valence-electron chi connectivity index (χ1n) is 6.44. The van der Waals surface area contributed by atoms with E-state index in [0.717, 1.165) is 10.2 Å². The van der Waals surface area contributed by atoms with Gasteiger partial charge < -0.3 is 13.9 Å². The van der Waals surface area contributed by atoms with Gasteiger partial charge in [-0.15, -0.1) is 0 Å². The molecule has 0 aliphatic heterocycles. The number of aryl methyl sites for hydroxylation is 1. The molecule has 1 amide bonds. The van der Waals surface area contributed by atoms with Gasteiger partial charge in [-0.2, -0.15) is 5.10 Å². The Morgan fingerprint density at radius 3 is 2.77 bits per heavy atom. The molecule has 0 spiro atoms. The second kappa shape index (κ2) is 7.65. The molecule has 7 heteroatoms. The average Bonchev–Trinajstić information content (AvgIpc) is 2.84. The van der Waals surface area contributed by atoms with Gasteiger partial charge in [-0.1, -0.05) is 12.1 Å². The van der Waals surface area contributed by atoms with Crippen molar-refractivity contribution in [2.24, 2.45) is 5.10 Å². The Labute approximate surface area is 136 Å². The first-order valence-corrected chi connectivity index (χ1v) is 7.23. The summed E-state index contributed by atoms with van der Waals surface area (Å²) < 4.78 is 16.7. The number of halogens is 1. The Morgan fingerprint density at radius 1 is 1.41 bits per heavy atom. The predicted octanol–water partition coefficient (Wildman–Crippen LogP) is 2.89. The first kappa shape index (κ1) is 16.1. The highest BCUT2D eigenvalue weighted by atomic mass is 79.9. The highest BCUT2D eigenvalue weighted by Crippen LogP contribution is 2.25. The van der Waals surface area contributed by atoms with Crippen molar-refractivity contribution in [3.05, 3.63) is 46.3 Å². The molecular formula is C15H15BrN2O4. The lowest BCUT2D eigenvalue weighted by Gasteiger charge is -2.08. The standard InChI is InChI=1S/C15H15BrN2O4/c1-10-12(16)7-11(22-10)8-17-18-15(19)9-21-14-6-4-3-5-13(14)20-2/h3-8H,9H2,1-2H3,(H,18,19)/b17-8-. The Hall–Kier alpha value is -2.28. The molecule has 2 rings (SSSR count). The van der Waals surface area contributed by atoms with Crippen LogP contribution in [-0.2, 0) is 4.79 Å². The van der Waals surface area contributed by atoms with Gasteiger partial charge in [-0.3, -0.25) is 4.79 Å². The van der Waals surface area contributed by atoms with Crippen LogP contribution in [0.25, 0.3) is 0 Å². The van der Waals surface area contributed by atoms with E-state index in [4.69, 9.17) is 13.9 Å². The van der Waals surface area contributed by atoms with Gasteiger partial charge in [0, 0.05) is 6.07 Å². The zero-order chi connectivity index (χ0) is 15.9. The second-order valence-electron chi connectivity index (χ2n) is 4.29. The quantitative estimate of drug-likeness (QED) is 0.630. The van der Waals surface area contributed by atoms with Crippen molar-refractivity contribution in [3.63, 3.8) is 0 Å². The van der Waals surface area contributed by atoms with E-state index in [-0.39, 0.29) is 12.5 Å². The van der Waals surface area contributed by atoms with Crippen LogP contribution < -0.4 is 14.9 Å². The van der Waals surface area contributed by atoms with Crippen LogP contribution in [0.1, 0.15) is 11.5 Å². The Bertz CT molecular complexity index is 662. The van der Waals surface area contributed by atoms with Crippen molar-refractivity contribution in [2.45, 2.75) is 6.92 Å². The molecule has 0 aliphatic rings. The summed E-state index contributed by atoms with van der Waals surface area (Å²) in [6.07, 6.45) is 1.42. The van der Waals surface area contributed by atoms with Gasteiger partial charge in [0.05, 0.1) is 17.8 Å². The lowest BCUT2D eigenvalue weighted by Crippen LogP contribution is -2.24. The van der Waals surface area contributed by atoms with Crippen molar-refractivity contribution in [3.8, 4) is 11.5 Å². The zero-order valence-electron chi connectivity index (χ0n) is 12.1. The molecule has 1 aromatic heterocycles. The molecule has 0 saturated heterocycles. The number of ether oxygens (including phenoxy) is 2. The number of rotatable bonds is 6. The molecule has 2 aromatic rings. The molecule has 1 heterocycles. The van der Waals surface area contributed by atoms with Crippen LogP contribution in [0, 0.1) is 6.92 Å². The topological polar surface area (TPSA) is 73.1 Å². The van der Waals surface area contributed by atoms with Gasteiger partial charge >= 0.3 is 0 Å². The molecule has 1 N–H and O–H groups in total. The molecule has 0 unspecified atom stereocenters. The van der Waals surface area contributed by atoms with E-state index in [1.807, 2.05) is 13.0 Å². The van der Waals surface area contributed by atoms with E-state index in [1.54, 1.807) is 24.3 Å². The SMILES string of the molecule is COc1ccccc1OCC(=O)N/N=C\c1cc(Br)c(C)o1. The third kappa shape index (κ3) is 4.36. The number of nitrogens with zero attached hydrogens (tertiary/aromatic N) is 1. The number of hydrazone groups is 1. The van der Waals surface area contributed by atoms with Gasteiger partial charge in [0.25, 0.3) is 5.91 Å². The first-order chi connectivity index (χ1) is 10.6. The maximum atomic E-state index is 11.6. The molecular weight excluding hydrogens is 352 g/mol. The fourth-order valence-electron chi connectivity index (χ4n) is 1.63. The van der Waals surface area contributed by atoms with Gasteiger partial charge in [-0.25, -0.2) is 5.43 Å². The summed E-state index contributed by atoms with van der Waals surface area (Å²) in [7, 11) is 1.54. The summed E-state index contributed by atoms with van der Waals surface area (Å²) in [5.74, 6) is 1.96. The van der Waals surface area contributed by atoms with E-state index in [0.29, 0.717) is 17.3 Å². The van der Waals surface area contributed by atoms with E-state index in [1.165, 1.54) is 13.3 Å². The molecule has 0 saturated carbocycles. The van der Waals surface area contributed by atoms with E-state index in [9.17, 15) is 4.79 Å². The number of para-hydroxylation sites is 2. The molecule has 116 valence electrons. The van der Waals surface area contributed by atoms with Gasteiger partial charge in [-0.05, 0) is 35.0 Å². The van der Waals surface area contributed by atoms with Crippen LogP contribution in [0.15, 0.2) is 44.3 Å². The molecule has 0 radical (unpaired) electrons. The van der Waals surface area contributed by atoms with Crippen molar-refractivity contribution in [1.29, 1.82) is 0 Å². The lowest BCUT2D eigenvalue weighted by atomic mass is 10.3. The van der Waals surface area contributed by atoms with Crippen molar-refractivity contribution >= 4 is 28.1 Å². The number of amides is 1.